The van der Waals surface area contributed by atoms with Gasteiger partial charge >= 0.3 is 0 Å². The molecular formula is C15H24N4O. The van der Waals surface area contributed by atoms with E-state index in [0.29, 0.717) is 6.04 Å². The summed E-state index contributed by atoms with van der Waals surface area (Å²) in [5.41, 5.74) is 12.7. The van der Waals surface area contributed by atoms with Crippen LogP contribution < -0.4 is 11.5 Å². The maximum atomic E-state index is 11.4. The number of rotatable bonds is 6. The molecule has 0 spiro atoms. The monoisotopic (exact) mass is 276 g/mol. The Labute approximate surface area is 120 Å². The highest BCUT2D eigenvalue weighted by atomic mass is 16.1. The maximum Gasteiger partial charge on any atom is 0.231 e. The van der Waals surface area contributed by atoms with Crippen molar-refractivity contribution in [3.8, 4) is 0 Å². The highest BCUT2D eigenvalue weighted by Gasteiger charge is 2.32. The van der Waals surface area contributed by atoms with Gasteiger partial charge in [-0.25, -0.2) is 0 Å². The molecule has 1 saturated carbocycles. The molecule has 1 aliphatic rings. The molecule has 1 fully saturated rings. The van der Waals surface area contributed by atoms with Crippen LogP contribution in [0.25, 0.3) is 0 Å². The van der Waals surface area contributed by atoms with Crippen LogP contribution in [0.5, 0.6) is 0 Å². The zero-order valence-electron chi connectivity index (χ0n) is 12.0. The van der Waals surface area contributed by atoms with Crippen molar-refractivity contribution in [2.45, 2.75) is 50.7 Å². The Morgan fingerprint density at radius 1 is 1.50 bits per heavy atom. The van der Waals surface area contributed by atoms with Crippen LogP contribution in [0.1, 0.15) is 44.2 Å². The molecule has 4 N–H and O–H groups in total. The van der Waals surface area contributed by atoms with E-state index in [-0.39, 0.29) is 24.5 Å². The van der Waals surface area contributed by atoms with Gasteiger partial charge in [0.25, 0.3) is 0 Å². The minimum Gasteiger partial charge on any atom is -0.369 e. The quantitative estimate of drug-likeness (QED) is 0.817. The van der Waals surface area contributed by atoms with E-state index < -0.39 is 0 Å². The van der Waals surface area contributed by atoms with Crippen molar-refractivity contribution in [1.82, 2.24) is 9.88 Å². The second-order valence-corrected chi connectivity index (χ2v) is 5.67. The number of hydrogen-bond acceptors (Lipinski definition) is 4. The lowest BCUT2D eigenvalue weighted by Crippen LogP contribution is -2.48. The van der Waals surface area contributed by atoms with Crippen LogP contribution in [0.4, 0.5) is 0 Å². The Balaban J connectivity index is 2.28. The Kier molecular flexibility index (Phi) is 5.09. The van der Waals surface area contributed by atoms with Crippen molar-refractivity contribution < 1.29 is 4.79 Å². The van der Waals surface area contributed by atoms with Gasteiger partial charge < -0.3 is 11.5 Å². The standard InChI is InChI=1S/C15H24N4O/c1-11(16)15(12-5-4-8-18-9-12)19(10-14(17)20)13-6-2-3-7-13/h4-5,8-9,11,13,15H,2-3,6-7,10,16H2,1H3,(H2,17,20). The van der Waals surface area contributed by atoms with Crippen LogP contribution in [0.2, 0.25) is 0 Å². The van der Waals surface area contributed by atoms with Gasteiger partial charge in [0.15, 0.2) is 0 Å². The molecule has 1 heterocycles. The molecule has 1 aromatic rings. The number of carbonyl (C=O) groups excluding carboxylic acids is 1. The summed E-state index contributed by atoms with van der Waals surface area (Å²) in [4.78, 5) is 17.8. The summed E-state index contributed by atoms with van der Waals surface area (Å²) in [7, 11) is 0. The smallest absolute Gasteiger partial charge is 0.231 e. The maximum absolute atomic E-state index is 11.4. The van der Waals surface area contributed by atoms with Gasteiger partial charge in [0.1, 0.15) is 0 Å². The fourth-order valence-corrected chi connectivity index (χ4v) is 3.22. The van der Waals surface area contributed by atoms with Crippen LogP contribution in [0.15, 0.2) is 24.5 Å². The minimum atomic E-state index is -0.300. The summed E-state index contributed by atoms with van der Waals surface area (Å²) in [6.07, 6.45) is 8.21. The molecular weight excluding hydrogens is 252 g/mol. The molecule has 5 heteroatoms. The van der Waals surface area contributed by atoms with Gasteiger partial charge in [-0.2, -0.15) is 0 Å². The largest absolute Gasteiger partial charge is 0.369 e. The van der Waals surface area contributed by atoms with Crippen molar-refractivity contribution in [2.24, 2.45) is 11.5 Å². The third kappa shape index (κ3) is 3.55. The second kappa shape index (κ2) is 6.81. The molecule has 110 valence electrons. The van der Waals surface area contributed by atoms with Gasteiger partial charge in [-0.3, -0.25) is 14.7 Å². The predicted molar refractivity (Wildman–Crippen MR) is 78.8 cm³/mol. The van der Waals surface area contributed by atoms with Gasteiger partial charge in [-0.1, -0.05) is 18.9 Å². The number of nitrogens with zero attached hydrogens (tertiary/aromatic N) is 2. The number of amides is 1. The fourth-order valence-electron chi connectivity index (χ4n) is 3.22. The van der Waals surface area contributed by atoms with Gasteiger partial charge in [0.2, 0.25) is 5.91 Å². The lowest BCUT2D eigenvalue weighted by molar-refractivity contribution is -0.120. The molecule has 1 amide bonds. The molecule has 2 atom stereocenters. The third-order valence-electron chi connectivity index (χ3n) is 4.01. The molecule has 0 radical (unpaired) electrons. The average Bonchev–Trinajstić information content (AvgIpc) is 2.92. The summed E-state index contributed by atoms with van der Waals surface area (Å²) in [5.74, 6) is -0.300. The van der Waals surface area contributed by atoms with E-state index in [1.807, 2.05) is 25.3 Å². The number of aromatic nitrogens is 1. The Bertz CT molecular complexity index is 429. The van der Waals surface area contributed by atoms with E-state index in [0.717, 1.165) is 18.4 Å². The molecule has 0 aromatic carbocycles. The van der Waals surface area contributed by atoms with Crippen LogP contribution in [0, 0.1) is 0 Å². The summed E-state index contributed by atoms with van der Waals surface area (Å²) in [5, 5.41) is 0. The van der Waals surface area contributed by atoms with Crippen LogP contribution in [-0.2, 0) is 4.79 Å². The van der Waals surface area contributed by atoms with Crippen LogP contribution in [-0.4, -0.2) is 34.4 Å². The normalized spacial score (nSPS) is 19.1. The van der Waals surface area contributed by atoms with E-state index in [2.05, 4.69) is 9.88 Å². The first kappa shape index (κ1) is 14.9. The topological polar surface area (TPSA) is 85.2 Å². The molecule has 1 aliphatic carbocycles. The van der Waals surface area contributed by atoms with E-state index in [9.17, 15) is 4.79 Å². The summed E-state index contributed by atoms with van der Waals surface area (Å²) in [6.45, 7) is 2.23. The van der Waals surface area contributed by atoms with Crippen molar-refractivity contribution in [3.63, 3.8) is 0 Å². The number of primary amides is 1. The summed E-state index contributed by atoms with van der Waals surface area (Å²) >= 11 is 0. The molecule has 0 aliphatic heterocycles. The molecule has 0 bridgehead atoms. The molecule has 5 nitrogen and oxygen atoms in total. The van der Waals surface area contributed by atoms with Crippen LogP contribution in [0.3, 0.4) is 0 Å². The first-order chi connectivity index (χ1) is 9.59. The first-order valence-corrected chi connectivity index (χ1v) is 7.29. The zero-order chi connectivity index (χ0) is 14.5. The van der Waals surface area contributed by atoms with Gasteiger partial charge in [0, 0.05) is 24.5 Å². The lowest BCUT2D eigenvalue weighted by atomic mass is 9.98. The highest BCUT2D eigenvalue weighted by molar-refractivity contribution is 5.76. The molecule has 2 unspecified atom stereocenters. The SMILES string of the molecule is CC(N)C(c1cccnc1)N(CC(N)=O)C1CCCC1. The number of carbonyl (C=O) groups is 1. The fraction of sp³-hybridized carbons (Fsp3) is 0.600. The summed E-state index contributed by atoms with van der Waals surface area (Å²) in [6, 6.07) is 4.21. The highest BCUT2D eigenvalue weighted by Crippen LogP contribution is 2.32. The van der Waals surface area contributed by atoms with Crippen molar-refractivity contribution in [3.05, 3.63) is 30.1 Å². The van der Waals surface area contributed by atoms with Crippen molar-refractivity contribution in [1.29, 1.82) is 0 Å². The second-order valence-electron chi connectivity index (χ2n) is 5.67. The Morgan fingerprint density at radius 3 is 2.70 bits per heavy atom. The number of nitrogens with two attached hydrogens (primary N) is 2. The van der Waals surface area contributed by atoms with E-state index in [4.69, 9.17) is 11.5 Å². The number of pyridine rings is 1. The molecule has 20 heavy (non-hydrogen) atoms. The predicted octanol–water partition coefficient (Wildman–Crippen LogP) is 1.20. The average molecular weight is 276 g/mol. The number of hydrogen-bond donors (Lipinski definition) is 2. The zero-order valence-corrected chi connectivity index (χ0v) is 12.0. The summed E-state index contributed by atoms with van der Waals surface area (Å²) < 4.78 is 0. The van der Waals surface area contributed by atoms with Crippen molar-refractivity contribution >= 4 is 5.91 Å². The molecule has 1 aromatic heterocycles. The lowest BCUT2D eigenvalue weighted by Gasteiger charge is -2.38. The Morgan fingerprint density at radius 2 is 2.20 bits per heavy atom. The Hall–Kier alpha value is -1.46. The van der Waals surface area contributed by atoms with Gasteiger partial charge in [-0.15, -0.1) is 0 Å². The minimum absolute atomic E-state index is 0.0145. The van der Waals surface area contributed by atoms with E-state index >= 15 is 0 Å². The van der Waals surface area contributed by atoms with E-state index in [1.54, 1.807) is 6.20 Å². The van der Waals surface area contributed by atoms with Gasteiger partial charge in [-0.05, 0) is 31.4 Å². The third-order valence-corrected chi connectivity index (χ3v) is 4.01. The van der Waals surface area contributed by atoms with Crippen LogP contribution >= 0.6 is 0 Å². The molecule has 0 saturated heterocycles. The van der Waals surface area contributed by atoms with E-state index in [1.165, 1.54) is 12.8 Å². The first-order valence-electron chi connectivity index (χ1n) is 7.29. The molecule has 2 rings (SSSR count). The van der Waals surface area contributed by atoms with Crippen molar-refractivity contribution in [2.75, 3.05) is 6.54 Å². The van der Waals surface area contributed by atoms with Gasteiger partial charge in [0.05, 0.1) is 12.6 Å².